The highest BCUT2D eigenvalue weighted by molar-refractivity contribution is 6.30. The summed E-state index contributed by atoms with van der Waals surface area (Å²) in [6.45, 7) is 0.256. The van der Waals surface area contributed by atoms with Crippen LogP contribution in [-0.2, 0) is 11.3 Å². The molecule has 0 saturated carbocycles. The van der Waals surface area contributed by atoms with Crippen LogP contribution in [0.2, 0.25) is 5.02 Å². The minimum atomic E-state index is -1.30. The normalized spacial score (nSPS) is 11.6. The second-order valence-electron chi connectivity index (χ2n) is 5.92. The van der Waals surface area contributed by atoms with Crippen molar-refractivity contribution in [3.05, 3.63) is 105 Å². The topological polar surface area (TPSA) is 68.2 Å². The highest BCUT2D eigenvalue weighted by Crippen LogP contribution is 2.17. The Hall–Kier alpha value is -3.18. The van der Waals surface area contributed by atoms with Crippen molar-refractivity contribution in [3.63, 3.8) is 0 Å². The van der Waals surface area contributed by atoms with Gasteiger partial charge in [-0.1, -0.05) is 48.0 Å². The van der Waals surface area contributed by atoms with Gasteiger partial charge in [-0.15, -0.1) is 0 Å². The largest absolute Gasteiger partial charge is 0.350 e. The Morgan fingerprint density at radius 2 is 1.59 bits per heavy atom. The quantitative estimate of drug-likeness (QED) is 0.527. The maximum absolute atomic E-state index is 13.0. The number of halogens is 1. The summed E-state index contributed by atoms with van der Waals surface area (Å²) in [6.07, 6.45) is 1.43. The van der Waals surface area contributed by atoms with Crippen LogP contribution in [0, 0.1) is 0 Å². The molecule has 0 aliphatic rings. The molecule has 0 saturated heterocycles. The van der Waals surface area contributed by atoms with E-state index in [1.54, 1.807) is 24.3 Å². The van der Waals surface area contributed by atoms with Gasteiger partial charge in [0.1, 0.15) is 0 Å². The maximum atomic E-state index is 13.0. The Kier molecular flexibility index (Phi) is 5.84. The first-order chi connectivity index (χ1) is 13.1. The third-order valence-corrected chi connectivity index (χ3v) is 4.32. The van der Waals surface area contributed by atoms with Gasteiger partial charge in [0.2, 0.25) is 0 Å². The first kappa shape index (κ1) is 18.6. The van der Waals surface area contributed by atoms with Crippen molar-refractivity contribution in [2.75, 3.05) is 0 Å². The predicted molar refractivity (Wildman–Crippen MR) is 104 cm³/mol. The van der Waals surface area contributed by atoms with E-state index < -0.39 is 23.3 Å². The van der Waals surface area contributed by atoms with E-state index in [0.717, 1.165) is 10.1 Å². The predicted octanol–water partition coefficient (Wildman–Crippen LogP) is 3.24. The Morgan fingerprint density at radius 3 is 2.26 bits per heavy atom. The monoisotopic (exact) mass is 380 g/mol. The van der Waals surface area contributed by atoms with Gasteiger partial charge >= 0.3 is 0 Å². The summed E-state index contributed by atoms with van der Waals surface area (Å²) < 4.78 is 1.14. The van der Waals surface area contributed by atoms with Gasteiger partial charge in [0.05, 0.1) is 0 Å². The Balaban J connectivity index is 1.91. The number of nitrogens with one attached hydrogen (secondary N) is 1. The lowest BCUT2D eigenvalue weighted by atomic mass is 10.0. The molecule has 1 aromatic heterocycles. The fraction of sp³-hybridized carbons (Fsp3) is 0.0952. The van der Waals surface area contributed by atoms with Crippen molar-refractivity contribution in [2.45, 2.75) is 12.6 Å². The van der Waals surface area contributed by atoms with Crippen molar-refractivity contribution < 1.29 is 9.59 Å². The molecule has 0 radical (unpaired) electrons. The summed E-state index contributed by atoms with van der Waals surface area (Å²) in [4.78, 5) is 38.1. The molecule has 27 heavy (non-hydrogen) atoms. The molecule has 0 spiro atoms. The maximum Gasteiger partial charge on any atom is 0.251 e. The van der Waals surface area contributed by atoms with Crippen LogP contribution in [0.4, 0.5) is 0 Å². The first-order valence-electron chi connectivity index (χ1n) is 8.35. The van der Waals surface area contributed by atoms with Crippen LogP contribution in [0.1, 0.15) is 22.0 Å². The van der Waals surface area contributed by atoms with E-state index in [9.17, 15) is 14.4 Å². The molecule has 6 heteroatoms. The smallest absolute Gasteiger partial charge is 0.251 e. The Labute approximate surface area is 161 Å². The van der Waals surface area contributed by atoms with E-state index in [1.807, 2.05) is 30.3 Å². The van der Waals surface area contributed by atoms with Crippen molar-refractivity contribution in [2.24, 2.45) is 0 Å². The molecule has 1 amide bonds. The number of carbonyl (C=O) groups is 2. The molecule has 2 aromatic carbocycles. The van der Waals surface area contributed by atoms with Crippen molar-refractivity contribution in [1.82, 2.24) is 9.88 Å². The molecule has 3 rings (SSSR count). The van der Waals surface area contributed by atoms with Crippen LogP contribution in [-0.4, -0.2) is 16.3 Å². The fourth-order valence-electron chi connectivity index (χ4n) is 2.68. The van der Waals surface area contributed by atoms with E-state index in [2.05, 4.69) is 5.32 Å². The average Bonchev–Trinajstić information content (AvgIpc) is 2.69. The summed E-state index contributed by atoms with van der Waals surface area (Å²) in [7, 11) is 0. The number of benzene rings is 2. The number of aromatic nitrogens is 1. The standard InChI is InChI=1S/C21H17ClN2O3/c22-17-11-9-16(10-12-17)20(26)19(24-13-5-4-8-18(24)25)21(27)23-14-15-6-2-1-3-7-15/h1-13,19H,14H2,(H,23,27). The number of hydrogen-bond donors (Lipinski definition) is 1. The number of carbonyl (C=O) groups excluding carboxylic acids is 2. The lowest BCUT2D eigenvalue weighted by Gasteiger charge is -2.18. The third-order valence-electron chi connectivity index (χ3n) is 4.06. The van der Waals surface area contributed by atoms with Gasteiger partial charge in [-0.2, -0.15) is 0 Å². The molecule has 1 N–H and O–H groups in total. The van der Waals surface area contributed by atoms with Gasteiger partial charge in [-0.3, -0.25) is 19.0 Å². The number of rotatable bonds is 6. The molecule has 0 aliphatic heterocycles. The second kappa shape index (κ2) is 8.47. The number of nitrogens with zero attached hydrogens (tertiary/aromatic N) is 1. The van der Waals surface area contributed by atoms with Crippen LogP contribution in [0.15, 0.2) is 83.8 Å². The van der Waals surface area contributed by atoms with Gasteiger partial charge in [0, 0.05) is 29.4 Å². The van der Waals surface area contributed by atoms with Gasteiger partial charge < -0.3 is 5.32 Å². The molecule has 0 bridgehead atoms. The summed E-state index contributed by atoms with van der Waals surface area (Å²) >= 11 is 5.87. The molecule has 0 fully saturated rings. The van der Waals surface area contributed by atoms with Gasteiger partial charge in [-0.25, -0.2) is 0 Å². The highest BCUT2D eigenvalue weighted by atomic mass is 35.5. The van der Waals surface area contributed by atoms with Crippen LogP contribution in [0.25, 0.3) is 0 Å². The molecular formula is C21H17ClN2O3. The number of ketones is 1. The summed E-state index contributed by atoms with van der Waals surface area (Å²) in [5.74, 6) is -1.03. The molecule has 0 aliphatic carbocycles. The highest BCUT2D eigenvalue weighted by Gasteiger charge is 2.29. The zero-order valence-corrected chi connectivity index (χ0v) is 15.1. The van der Waals surface area contributed by atoms with Crippen LogP contribution in [0.3, 0.4) is 0 Å². The number of pyridine rings is 1. The zero-order valence-electron chi connectivity index (χ0n) is 14.3. The summed E-state index contributed by atoms with van der Waals surface area (Å²) in [6, 6.07) is 18.7. The minimum absolute atomic E-state index is 0.256. The molecule has 5 nitrogen and oxygen atoms in total. The van der Waals surface area contributed by atoms with E-state index in [-0.39, 0.29) is 6.54 Å². The zero-order chi connectivity index (χ0) is 19.2. The van der Waals surface area contributed by atoms with Crippen molar-refractivity contribution in [1.29, 1.82) is 0 Å². The van der Waals surface area contributed by atoms with Crippen LogP contribution < -0.4 is 10.9 Å². The van der Waals surface area contributed by atoms with Crippen molar-refractivity contribution >= 4 is 23.3 Å². The number of hydrogen-bond acceptors (Lipinski definition) is 3. The number of Topliss-reactive ketones (excluding diaryl/α,β-unsaturated/α-hetero) is 1. The average molecular weight is 381 g/mol. The van der Waals surface area contributed by atoms with E-state index in [4.69, 9.17) is 11.6 Å². The first-order valence-corrected chi connectivity index (χ1v) is 8.72. The van der Waals surface area contributed by atoms with Gasteiger partial charge in [-0.05, 0) is 35.9 Å². The van der Waals surface area contributed by atoms with Gasteiger partial charge in [0.25, 0.3) is 11.5 Å². The lowest BCUT2D eigenvalue weighted by Crippen LogP contribution is -2.41. The number of amides is 1. The molecule has 136 valence electrons. The van der Waals surface area contributed by atoms with E-state index >= 15 is 0 Å². The van der Waals surface area contributed by atoms with Gasteiger partial charge in [0.15, 0.2) is 11.8 Å². The second-order valence-corrected chi connectivity index (χ2v) is 6.36. The van der Waals surface area contributed by atoms with E-state index in [0.29, 0.717) is 10.6 Å². The Morgan fingerprint density at radius 1 is 0.926 bits per heavy atom. The lowest BCUT2D eigenvalue weighted by molar-refractivity contribution is -0.123. The Bertz CT molecular complexity index is 998. The fourth-order valence-corrected chi connectivity index (χ4v) is 2.80. The summed E-state index contributed by atoms with van der Waals surface area (Å²) in [5.41, 5.74) is 0.763. The van der Waals surface area contributed by atoms with Crippen LogP contribution >= 0.6 is 11.6 Å². The molecular weight excluding hydrogens is 364 g/mol. The third kappa shape index (κ3) is 4.51. The molecule has 1 unspecified atom stereocenters. The minimum Gasteiger partial charge on any atom is -0.350 e. The van der Waals surface area contributed by atoms with Crippen molar-refractivity contribution in [3.8, 4) is 0 Å². The van der Waals surface area contributed by atoms with Crippen LogP contribution in [0.5, 0.6) is 0 Å². The van der Waals surface area contributed by atoms with E-state index in [1.165, 1.54) is 24.4 Å². The molecule has 1 heterocycles. The molecule has 1 atom stereocenters. The molecule has 3 aromatic rings. The summed E-state index contributed by atoms with van der Waals surface area (Å²) in [5, 5.41) is 3.22. The SMILES string of the molecule is O=C(NCc1ccccc1)C(C(=O)c1ccc(Cl)cc1)n1ccccc1=O.